The minimum atomic E-state index is -3.55. The van der Waals surface area contributed by atoms with E-state index in [0.29, 0.717) is 18.0 Å². The zero-order valence-electron chi connectivity index (χ0n) is 16.2. The molecule has 1 heterocycles. The van der Waals surface area contributed by atoms with Crippen molar-refractivity contribution in [3.63, 3.8) is 0 Å². The monoisotopic (exact) mass is 399 g/mol. The van der Waals surface area contributed by atoms with Gasteiger partial charge < -0.3 is 14.8 Å². The van der Waals surface area contributed by atoms with E-state index in [1.54, 1.807) is 12.1 Å². The number of nitrogens with zero attached hydrogens (tertiary/aromatic N) is 2. The zero-order valence-corrected chi connectivity index (χ0v) is 17.0. The van der Waals surface area contributed by atoms with Crippen LogP contribution < -0.4 is 14.4 Å². The maximum Gasteiger partial charge on any atom is 0.232 e. The summed E-state index contributed by atoms with van der Waals surface area (Å²) in [7, 11) is -2.06. The predicted molar refractivity (Wildman–Crippen MR) is 105 cm³/mol. The molecule has 0 bridgehead atoms. The van der Waals surface area contributed by atoms with E-state index in [2.05, 4.69) is 10.2 Å². The van der Waals surface area contributed by atoms with E-state index in [9.17, 15) is 13.2 Å². The first-order chi connectivity index (χ1) is 12.8. The van der Waals surface area contributed by atoms with E-state index in [0.717, 1.165) is 44.7 Å². The summed E-state index contributed by atoms with van der Waals surface area (Å²) in [6.07, 6.45) is 1.21. The summed E-state index contributed by atoms with van der Waals surface area (Å²) in [4.78, 5) is 14.4. The molecule has 0 aliphatic carbocycles. The Morgan fingerprint density at radius 1 is 1.33 bits per heavy atom. The van der Waals surface area contributed by atoms with Gasteiger partial charge in [-0.2, -0.15) is 0 Å². The van der Waals surface area contributed by atoms with E-state index in [1.807, 2.05) is 13.0 Å². The van der Waals surface area contributed by atoms with Crippen LogP contribution in [-0.4, -0.2) is 78.5 Å². The van der Waals surface area contributed by atoms with Crippen molar-refractivity contribution in [1.82, 2.24) is 10.2 Å². The van der Waals surface area contributed by atoms with Crippen molar-refractivity contribution >= 4 is 21.6 Å². The van der Waals surface area contributed by atoms with Crippen LogP contribution in [-0.2, 0) is 19.6 Å². The number of morpholine rings is 1. The quantitative estimate of drug-likeness (QED) is 0.655. The Labute approximate surface area is 161 Å². The fourth-order valence-corrected chi connectivity index (χ4v) is 3.85. The van der Waals surface area contributed by atoms with Gasteiger partial charge in [-0.25, -0.2) is 8.42 Å². The minimum absolute atomic E-state index is 0.0576. The van der Waals surface area contributed by atoms with E-state index in [1.165, 1.54) is 11.4 Å². The number of anilines is 1. The number of amides is 1. The van der Waals surface area contributed by atoms with Crippen molar-refractivity contribution < 1.29 is 22.7 Å². The van der Waals surface area contributed by atoms with Gasteiger partial charge in [-0.05, 0) is 24.6 Å². The molecule has 1 aromatic rings. The van der Waals surface area contributed by atoms with Crippen LogP contribution >= 0.6 is 0 Å². The first-order valence-corrected chi connectivity index (χ1v) is 10.8. The summed E-state index contributed by atoms with van der Waals surface area (Å²) < 4.78 is 36.3. The Bertz CT molecular complexity index is 733. The summed E-state index contributed by atoms with van der Waals surface area (Å²) in [5.74, 6) is 0.280. The maximum absolute atomic E-state index is 12.3. The van der Waals surface area contributed by atoms with Gasteiger partial charge in [0.15, 0.2) is 0 Å². The van der Waals surface area contributed by atoms with Crippen molar-refractivity contribution in [2.75, 3.05) is 63.6 Å². The molecule has 27 heavy (non-hydrogen) atoms. The number of carbonyl (C=O) groups excluding carboxylic acids is 1. The van der Waals surface area contributed by atoms with Crippen molar-refractivity contribution in [2.45, 2.75) is 13.3 Å². The molecule has 0 radical (unpaired) electrons. The van der Waals surface area contributed by atoms with Gasteiger partial charge in [-0.15, -0.1) is 0 Å². The SMILES string of the molecule is COc1ccc(C)cc1N(CCC(=O)NCCN1CCOCC1)S(C)(=O)=O. The number of aryl methyl sites for hydroxylation is 1. The number of hydrogen-bond donors (Lipinski definition) is 1. The number of sulfonamides is 1. The van der Waals surface area contributed by atoms with Crippen molar-refractivity contribution in [3.05, 3.63) is 23.8 Å². The van der Waals surface area contributed by atoms with Gasteiger partial charge in [0.25, 0.3) is 0 Å². The second kappa shape index (κ2) is 9.91. The molecule has 1 amide bonds. The lowest BCUT2D eigenvalue weighted by Crippen LogP contribution is -2.42. The lowest BCUT2D eigenvalue weighted by molar-refractivity contribution is -0.120. The smallest absolute Gasteiger partial charge is 0.232 e. The van der Waals surface area contributed by atoms with Gasteiger partial charge in [0.2, 0.25) is 15.9 Å². The standard InChI is InChI=1S/C18H29N3O5S/c1-15-4-5-17(25-2)16(14-15)21(27(3,23)24)8-6-18(22)19-7-9-20-10-12-26-13-11-20/h4-5,14H,6-13H2,1-3H3,(H,19,22). The van der Waals surface area contributed by atoms with Crippen LogP contribution in [0.4, 0.5) is 5.69 Å². The molecule has 8 nitrogen and oxygen atoms in total. The molecule has 1 N–H and O–H groups in total. The topological polar surface area (TPSA) is 88.2 Å². The molecule has 1 aromatic carbocycles. The maximum atomic E-state index is 12.3. The van der Waals surface area contributed by atoms with Crippen molar-refractivity contribution in [3.8, 4) is 5.75 Å². The molecular formula is C18H29N3O5S. The lowest BCUT2D eigenvalue weighted by Gasteiger charge is -2.26. The van der Waals surface area contributed by atoms with Gasteiger partial charge in [0.1, 0.15) is 5.75 Å². The van der Waals surface area contributed by atoms with Crippen LogP contribution in [0.3, 0.4) is 0 Å². The molecule has 0 saturated carbocycles. The number of nitrogens with one attached hydrogen (secondary N) is 1. The molecular weight excluding hydrogens is 370 g/mol. The molecule has 152 valence electrons. The van der Waals surface area contributed by atoms with Crippen molar-refractivity contribution in [1.29, 1.82) is 0 Å². The molecule has 1 aliphatic rings. The first-order valence-electron chi connectivity index (χ1n) is 9.00. The second-order valence-electron chi connectivity index (χ2n) is 6.56. The van der Waals surface area contributed by atoms with E-state index in [-0.39, 0.29) is 18.9 Å². The van der Waals surface area contributed by atoms with Crippen LogP contribution in [0.25, 0.3) is 0 Å². The average Bonchev–Trinajstić information content (AvgIpc) is 2.62. The highest BCUT2D eigenvalue weighted by atomic mass is 32.2. The molecule has 1 aliphatic heterocycles. The van der Waals surface area contributed by atoms with Gasteiger partial charge in [0.05, 0.1) is 32.3 Å². The van der Waals surface area contributed by atoms with E-state index >= 15 is 0 Å². The predicted octanol–water partition coefficient (Wildman–Crippen LogP) is 0.608. The largest absolute Gasteiger partial charge is 0.495 e. The van der Waals surface area contributed by atoms with Gasteiger partial charge in [-0.1, -0.05) is 6.07 Å². The third-order valence-electron chi connectivity index (χ3n) is 4.40. The molecule has 0 atom stereocenters. The molecule has 0 unspecified atom stereocenters. The molecule has 1 saturated heterocycles. The Morgan fingerprint density at radius 2 is 2.04 bits per heavy atom. The summed E-state index contributed by atoms with van der Waals surface area (Å²) >= 11 is 0. The van der Waals surface area contributed by atoms with Gasteiger partial charge in [-0.3, -0.25) is 14.0 Å². The summed E-state index contributed by atoms with van der Waals surface area (Å²) in [5, 5.41) is 2.85. The number of rotatable bonds is 9. The average molecular weight is 400 g/mol. The third kappa shape index (κ3) is 6.67. The number of carbonyl (C=O) groups is 1. The van der Waals surface area contributed by atoms with Crippen molar-refractivity contribution in [2.24, 2.45) is 0 Å². The van der Waals surface area contributed by atoms with E-state index < -0.39 is 10.0 Å². The molecule has 9 heteroatoms. The number of ether oxygens (including phenoxy) is 2. The molecule has 2 rings (SSSR count). The zero-order chi connectivity index (χ0) is 19.9. The van der Waals surface area contributed by atoms with Crippen LogP contribution in [0.15, 0.2) is 18.2 Å². The Kier molecular flexibility index (Phi) is 7.88. The fraction of sp³-hybridized carbons (Fsp3) is 0.611. The van der Waals surface area contributed by atoms with Crippen LogP contribution in [0.2, 0.25) is 0 Å². The normalized spacial score (nSPS) is 15.4. The van der Waals surface area contributed by atoms with Crippen LogP contribution in [0.1, 0.15) is 12.0 Å². The lowest BCUT2D eigenvalue weighted by atomic mass is 10.2. The Morgan fingerprint density at radius 3 is 2.67 bits per heavy atom. The van der Waals surface area contributed by atoms with Crippen LogP contribution in [0.5, 0.6) is 5.75 Å². The highest BCUT2D eigenvalue weighted by Gasteiger charge is 2.22. The highest BCUT2D eigenvalue weighted by molar-refractivity contribution is 7.92. The summed E-state index contributed by atoms with van der Waals surface area (Å²) in [6.45, 7) is 6.40. The second-order valence-corrected chi connectivity index (χ2v) is 8.47. The molecule has 0 aromatic heterocycles. The van der Waals surface area contributed by atoms with E-state index in [4.69, 9.17) is 9.47 Å². The summed E-state index contributed by atoms with van der Waals surface area (Å²) in [6, 6.07) is 5.32. The molecule has 0 spiro atoms. The Balaban J connectivity index is 1.93. The first kappa shape index (κ1) is 21.5. The van der Waals surface area contributed by atoms with Gasteiger partial charge in [0, 0.05) is 39.1 Å². The van der Waals surface area contributed by atoms with Gasteiger partial charge >= 0.3 is 0 Å². The molecule has 1 fully saturated rings. The number of methoxy groups -OCH3 is 1. The number of benzene rings is 1. The number of hydrogen-bond acceptors (Lipinski definition) is 6. The highest BCUT2D eigenvalue weighted by Crippen LogP contribution is 2.31. The third-order valence-corrected chi connectivity index (χ3v) is 5.58. The Hall–Kier alpha value is -1.84. The summed E-state index contributed by atoms with van der Waals surface area (Å²) in [5.41, 5.74) is 1.36. The minimum Gasteiger partial charge on any atom is -0.495 e. The van der Waals surface area contributed by atoms with Crippen LogP contribution in [0, 0.1) is 6.92 Å². The fourth-order valence-electron chi connectivity index (χ4n) is 2.93.